The Kier molecular flexibility index (Phi) is 6.63. The minimum absolute atomic E-state index is 0.118. The molecule has 0 radical (unpaired) electrons. The minimum atomic E-state index is -0.405. The predicted octanol–water partition coefficient (Wildman–Crippen LogP) is 5.79. The van der Waals surface area contributed by atoms with Crippen LogP contribution in [-0.2, 0) is 11.2 Å². The van der Waals surface area contributed by atoms with Crippen molar-refractivity contribution < 1.29 is 18.7 Å². The fourth-order valence-corrected chi connectivity index (χ4v) is 3.09. The first-order valence-corrected chi connectivity index (χ1v) is 10.3. The van der Waals surface area contributed by atoms with Crippen LogP contribution in [0, 0.1) is 0 Å². The van der Waals surface area contributed by atoms with Crippen LogP contribution in [0.1, 0.15) is 22.7 Å². The van der Waals surface area contributed by atoms with Gasteiger partial charge < -0.3 is 14.5 Å². The summed E-state index contributed by atoms with van der Waals surface area (Å²) < 4.78 is 11.0. The summed E-state index contributed by atoms with van der Waals surface area (Å²) in [7, 11) is 0. The van der Waals surface area contributed by atoms with E-state index in [-0.39, 0.29) is 12.3 Å². The van der Waals surface area contributed by atoms with E-state index in [1.807, 2.05) is 18.2 Å². The van der Waals surface area contributed by atoms with E-state index in [1.165, 1.54) is 0 Å². The first kappa shape index (κ1) is 21.3. The molecule has 1 heterocycles. The van der Waals surface area contributed by atoms with Gasteiger partial charge in [0.05, 0.1) is 12.6 Å². The lowest BCUT2D eigenvalue weighted by molar-refractivity contribution is -0.134. The van der Waals surface area contributed by atoms with Crippen LogP contribution in [0.2, 0.25) is 5.02 Å². The number of benzene rings is 3. The second kappa shape index (κ2) is 9.94. The highest BCUT2D eigenvalue weighted by molar-refractivity contribution is 6.30. The molecule has 0 atom stereocenters. The number of aromatic nitrogens is 1. The number of nitrogens with zero attached hydrogens (tertiary/aromatic N) is 1. The molecule has 0 saturated carbocycles. The molecule has 4 aromatic rings. The topological polar surface area (TPSA) is 81.4 Å². The van der Waals surface area contributed by atoms with Gasteiger partial charge in [-0.2, -0.15) is 0 Å². The van der Waals surface area contributed by atoms with Gasteiger partial charge in [0.15, 0.2) is 11.7 Å². The highest BCUT2D eigenvalue weighted by Crippen LogP contribution is 2.23. The number of aryl methyl sites for hydroxylation is 1. The lowest BCUT2D eigenvalue weighted by Crippen LogP contribution is -2.12. The number of carbonyl (C=O) groups excluding carboxylic acids is 2. The first-order valence-electron chi connectivity index (χ1n) is 9.94. The van der Waals surface area contributed by atoms with Crippen molar-refractivity contribution in [2.45, 2.75) is 12.8 Å². The molecule has 3 aromatic carbocycles. The molecule has 1 aromatic heterocycles. The molecule has 7 heteroatoms. The number of hydrogen-bond donors (Lipinski definition) is 1. The number of ether oxygens (including phenoxy) is 1. The van der Waals surface area contributed by atoms with E-state index in [4.69, 9.17) is 20.8 Å². The van der Waals surface area contributed by atoms with Crippen molar-refractivity contribution >= 4 is 29.2 Å². The Labute approximate surface area is 189 Å². The fourth-order valence-electron chi connectivity index (χ4n) is 2.96. The van der Waals surface area contributed by atoms with Crippen LogP contribution in [0.15, 0.2) is 89.5 Å². The number of esters is 1. The Morgan fingerprint density at radius 2 is 1.66 bits per heavy atom. The van der Waals surface area contributed by atoms with E-state index in [0.717, 1.165) is 5.56 Å². The Morgan fingerprint density at radius 3 is 2.38 bits per heavy atom. The summed E-state index contributed by atoms with van der Waals surface area (Å²) in [6.07, 6.45) is 2.05. The van der Waals surface area contributed by atoms with Gasteiger partial charge in [-0.05, 0) is 60.7 Å². The van der Waals surface area contributed by atoms with Gasteiger partial charge in [-0.15, -0.1) is 0 Å². The molecule has 0 aliphatic rings. The van der Waals surface area contributed by atoms with E-state index < -0.39 is 5.97 Å². The normalized spacial score (nSPS) is 10.5. The van der Waals surface area contributed by atoms with Crippen molar-refractivity contribution in [3.63, 3.8) is 0 Å². The van der Waals surface area contributed by atoms with E-state index in [9.17, 15) is 9.59 Å². The van der Waals surface area contributed by atoms with Gasteiger partial charge in [-0.3, -0.25) is 9.59 Å². The van der Waals surface area contributed by atoms with Crippen molar-refractivity contribution in [1.82, 2.24) is 4.98 Å². The molecule has 32 heavy (non-hydrogen) atoms. The zero-order valence-corrected chi connectivity index (χ0v) is 17.7. The number of halogens is 1. The number of oxazole rings is 1. The summed E-state index contributed by atoms with van der Waals surface area (Å²) in [6, 6.07) is 22.7. The standard InChI is InChI=1S/C25H19ClN2O4/c26-19-8-6-17(7-9-19)22-16-27-23(32-22)14-15-24(29)31-21-12-10-20(11-13-21)28-25(30)18-4-2-1-3-5-18/h1-13,16H,14-15H2,(H,28,30). The summed E-state index contributed by atoms with van der Waals surface area (Å²) in [5.41, 5.74) is 2.03. The number of carbonyl (C=O) groups is 2. The van der Waals surface area contributed by atoms with E-state index in [1.54, 1.807) is 66.9 Å². The Bertz CT molecular complexity index is 1200. The summed E-state index contributed by atoms with van der Waals surface area (Å²) in [5, 5.41) is 3.44. The highest BCUT2D eigenvalue weighted by atomic mass is 35.5. The molecular formula is C25H19ClN2O4. The van der Waals surface area contributed by atoms with Crippen LogP contribution in [0.5, 0.6) is 5.75 Å². The minimum Gasteiger partial charge on any atom is -0.441 e. The monoisotopic (exact) mass is 446 g/mol. The molecule has 4 rings (SSSR count). The van der Waals surface area contributed by atoms with E-state index in [2.05, 4.69) is 10.3 Å². The Hall–Kier alpha value is -3.90. The van der Waals surface area contributed by atoms with Crippen LogP contribution < -0.4 is 10.1 Å². The second-order valence-electron chi connectivity index (χ2n) is 6.94. The SMILES string of the molecule is O=C(CCc1ncc(-c2ccc(Cl)cc2)o1)Oc1ccc(NC(=O)c2ccccc2)cc1. The third-order valence-electron chi connectivity index (χ3n) is 4.61. The van der Waals surface area contributed by atoms with Crippen LogP contribution in [0.25, 0.3) is 11.3 Å². The van der Waals surface area contributed by atoms with Crippen LogP contribution in [0.3, 0.4) is 0 Å². The van der Waals surface area contributed by atoms with Crippen LogP contribution in [0.4, 0.5) is 5.69 Å². The largest absolute Gasteiger partial charge is 0.441 e. The van der Waals surface area contributed by atoms with Crippen molar-refractivity contribution in [1.29, 1.82) is 0 Å². The smallest absolute Gasteiger partial charge is 0.311 e. The molecule has 0 unspecified atom stereocenters. The molecule has 1 amide bonds. The quantitative estimate of drug-likeness (QED) is 0.287. The zero-order valence-electron chi connectivity index (χ0n) is 17.0. The molecule has 0 spiro atoms. The second-order valence-corrected chi connectivity index (χ2v) is 7.38. The van der Waals surface area contributed by atoms with Crippen LogP contribution in [-0.4, -0.2) is 16.9 Å². The molecule has 0 bridgehead atoms. The number of rotatable bonds is 7. The van der Waals surface area contributed by atoms with Gasteiger partial charge in [-0.1, -0.05) is 29.8 Å². The average Bonchev–Trinajstić information content (AvgIpc) is 3.29. The first-order chi connectivity index (χ1) is 15.6. The molecule has 0 fully saturated rings. The van der Waals surface area contributed by atoms with E-state index in [0.29, 0.717) is 40.1 Å². The van der Waals surface area contributed by atoms with Gasteiger partial charge in [0, 0.05) is 28.3 Å². The summed E-state index contributed by atoms with van der Waals surface area (Å²) in [4.78, 5) is 28.6. The Balaban J connectivity index is 1.27. The number of anilines is 1. The third-order valence-corrected chi connectivity index (χ3v) is 4.86. The van der Waals surface area contributed by atoms with Crippen molar-refractivity contribution in [3.8, 4) is 17.1 Å². The third kappa shape index (κ3) is 5.62. The highest BCUT2D eigenvalue weighted by Gasteiger charge is 2.11. The maximum absolute atomic E-state index is 12.2. The maximum atomic E-state index is 12.2. The molecule has 160 valence electrons. The maximum Gasteiger partial charge on any atom is 0.311 e. The molecular weight excluding hydrogens is 428 g/mol. The summed E-state index contributed by atoms with van der Waals surface area (Å²) >= 11 is 5.90. The van der Waals surface area contributed by atoms with Gasteiger partial charge in [0.1, 0.15) is 5.75 Å². The van der Waals surface area contributed by atoms with Gasteiger partial charge in [-0.25, -0.2) is 4.98 Å². The van der Waals surface area contributed by atoms with Crippen LogP contribution >= 0.6 is 11.6 Å². The molecule has 1 N–H and O–H groups in total. The van der Waals surface area contributed by atoms with Gasteiger partial charge >= 0.3 is 5.97 Å². The predicted molar refractivity (Wildman–Crippen MR) is 122 cm³/mol. The number of nitrogens with one attached hydrogen (secondary N) is 1. The van der Waals surface area contributed by atoms with Crippen molar-refractivity contribution in [3.05, 3.63) is 102 Å². The van der Waals surface area contributed by atoms with Crippen molar-refractivity contribution in [2.24, 2.45) is 0 Å². The molecule has 0 aliphatic carbocycles. The fraction of sp³-hybridized carbons (Fsp3) is 0.0800. The zero-order chi connectivity index (χ0) is 22.3. The lowest BCUT2D eigenvalue weighted by Gasteiger charge is -2.07. The van der Waals surface area contributed by atoms with Crippen molar-refractivity contribution in [2.75, 3.05) is 5.32 Å². The molecule has 0 saturated heterocycles. The Morgan fingerprint density at radius 1 is 0.938 bits per heavy atom. The van der Waals surface area contributed by atoms with E-state index >= 15 is 0 Å². The van der Waals surface area contributed by atoms with Gasteiger partial charge in [0.25, 0.3) is 5.91 Å². The summed E-state index contributed by atoms with van der Waals surface area (Å²) in [5.74, 6) is 0.836. The summed E-state index contributed by atoms with van der Waals surface area (Å²) in [6.45, 7) is 0. The number of amides is 1. The average molecular weight is 447 g/mol. The lowest BCUT2D eigenvalue weighted by atomic mass is 10.2. The number of hydrogen-bond acceptors (Lipinski definition) is 5. The molecule has 0 aliphatic heterocycles. The van der Waals surface area contributed by atoms with Gasteiger partial charge in [0.2, 0.25) is 0 Å². The molecule has 6 nitrogen and oxygen atoms in total.